The van der Waals surface area contributed by atoms with Crippen molar-refractivity contribution < 1.29 is 28.2 Å². The van der Waals surface area contributed by atoms with Crippen molar-refractivity contribution in [3.8, 4) is 23.0 Å². The van der Waals surface area contributed by atoms with Crippen molar-refractivity contribution in [2.24, 2.45) is 5.92 Å². The van der Waals surface area contributed by atoms with Crippen molar-refractivity contribution in [3.63, 3.8) is 0 Å². The second kappa shape index (κ2) is 8.28. The van der Waals surface area contributed by atoms with Crippen molar-refractivity contribution in [1.82, 2.24) is 9.97 Å². The zero-order valence-corrected chi connectivity index (χ0v) is 14.9. The zero-order valence-electron chi connectivity index (χ0n) is 14.9. The van der Waals surface area contributed by atoms with Crippen LogP contribution < -0.4 is 9.47 Å². The Morgan fingerprint density at radius 1 is 1.19 bits per heavy atom. The number of aliphatic carboxylic acids is 1. The molecule has 1 saturated carbocycles. The van der Waals surface area contributed by atoms with Crippen molar-refractivity contribution >= 4 is 5.97 Å². The molecule has 3 rings (SSSR count). The third-order valence-electron chi connectivity index (χ3n) is 4.03. The number of benzene rings is 1. The molecule has 0 amide bonds. The number of hydrogen-bond acceptors (Lipinski definition) is 5. The molecule has 0 saturated heterocycles. The van der Waals surface area contributed by atoms with Gasteiger partial charge in [-0.15, -0.1) is 0 Å². The van der Waals surface area contributed by atoms with Gasteiger partial charge in [0.25, 0.3) is 0 Å². The second-order valence-corrected chi connectivity index (χ2v) is 6.54. The van der Waals surface area contributed by atoms with E-state index in [1.165, 1.54) is 0 Å². The number of rotatable bonds is 9. The van der Waals surface area contributed by atoms with Gasteiger partial charge in [-0.2, -0.15) is 4.98 Å². The van der Waals surface area contributed by atoms with Gasteiger partial charge in [0.05, 0.1) is 13.2 Å². The molecule has 8 heteroatoms. The van der Waals surface area contributed by atoms with Gasteiger partial charge in [0, 0.05) is 23.7 Å². The highest BCUT2D eigenvalue weighted by atomic mass is 19.1. The van der Waals surface area contributed by atoms with Crippen LogP contribution >= 0.6 is 0 Å². The topological polar surface area (TPSA) is 81.5 Å². The van der Waals surface area contributed by atoms with E-state index < -0.39 is 23.4 Å². The maximum absolute atomic E-state index is 14.3. The molecule has 1 N–H and O–H groups in total. The van der Waals surface area contributed by atoms with E-state index in [9.17, 15) is 13.6 Å². The summed E-state index contributed by atoms with van der Waals surface area (Å²) in [6.07, 6.45) is 2.29. The number of aryl methyl sites for hydroxylation is 1. The predicted octanol–water partition coefficient (Wildman–Crippen LogP) is 3.76. The molecule has 0 atom stereocenters. The number of hydrogen-bond donors (Lipinski definition) is 1. The van der Waals surface area contributed by atoms with Gasteiger partial charge in [-0.3, -0.25) is 4.79 Å². The number of aromatic nitrogens is 2. The quantitative estimate of drug-likeness (QED) is 0.669. The summed E-state index contributed by atoms with van der Waals surface area (Å²) >= 11 is 0. The summed E-state index contributed by atoms with van der Waals surface area (Å²) in [4.78, 5) is 18.9. The second-order valence-electron chi connectivity index (χ2n) is 6.54. The minimum absolute atomic E-state index is 0.0976. The molecule has 0 aliphatic heterocycles. The first-order chi connectivity index (χ1) is 12.9. The number of carbonyl (C=O) groups is 1. The molecule has 1 fully saturated rings. The van der Waals surface area contributed by atoms with Crippen molar-refractivity contribution in [2.45, 2.75) is 32.6 Å². The first-order valence-electron chi connectivity index (χ1n) is 8.75. The molecule has 0 unspecified atom stereocenters. The highest BCUT2D eigenvalue weighted by Gasteiger charge is 2.22. The Balaban J connectivity index is 1.75. The molecule has 1 heterocycles. The predicted molar refractivity (Wildman–Crippen MR) is 92.7 cm³/mol. The lowest BCUT2D eigenvalue weighted by Gasteiger charge is -2.11. The molecule has 27 heavy (non-hydrogen) atoms. The average Bonchev–Trinajstić information content (AvgIpc) is 3.42. The van der Waals surface area contributed by atoms with Crippen LogP contribution in [0, 0.1) is 24.5 Å². The normalized spacial score (nSPS) is 13.4. The fraction of sp³-hybridized carbons (Fsp3) is 0.421. The summed E-state index contributed by atoms with van der Waals surface area (Å²) in [5.74, 6) is -2.24. The Morgan fingerprint density at radius 3 is 2.52 bits per heavy atom. The fourth-order valence-electron chi connectivity index (χ4n) is 2.45. The number of nitrogens with zero attached hydrogens (tertiary/aromatic N) is 2. The van der Waals surface area contributed by atoms with Gasteiger partial charge >= 0.3 is 5.97 Å². The van der Waals surface area contributed by atoms with Crippen LogP contribution in [0.1, 0.15) is 31.4 Å². The molecular formula is C19H20F2N2O4. The number of ether oxygens (including phenoxy) is 2. The van der Waals surface area contributed by atoms with Crippen LogP contribution in [0.4, 0.5) is 8.78 Å². The monoisotopic (exact) mass is 378 g/mol. The van der Waals surface area contributed by atoms with Crippen molar-refractivity contribution in [3.05, 3.63) is 35.5 Å². The van der Waals surface area contributed by atoms with E-state index in [2.05, 4.69) is 9.97 Å². The molecular weight excluding hydrogens is 358 g/mol. The molecule has 0 spiro atoms. The first-order valence-corrected chi connectivity index (χ1v) is 8.75. The number of carboxylic acid groups (broad SMARTS) is 1. The van der Waals surface area contributed by atoms with Crippen LogP contribution in [-0.4, -0.2) is 34.3 Å². The largest absolute Gasteiger partial charge is 0.488 e. The minimum atomic E-state index is -0.994. The fourth-order valence-corrected chi connectivity index (χ4v) is 2.45. The summed E-state index contributed by atoms with van der Waals surface area (Å²) in [6, 6.07) is 3.86. The molecule has 1 aliphatic rings. The van der Waals surface area contributed by atoms with E-state index in [1.807, 2.05) is 0 Å². The van der Waals surface area contributed by atoms with E-state index in [-0.39, 0.29) is 30.8 Å². The van der Waals surface area contributed by atoms with E-state index in [0.29, 0.717) is 24.1 Å². The van der Waals surface area contributed by atoms with Gasteiger partial charge < -0.3 is 14.6 Å². The average molecular weight is 378 g/mol. The number of halogens is 2. The van der Waals surface area contributed by atoms with Gasteiger partial charge in [0.15, 0.2) is 23.2 Å². The highest BCUT2D eigenvalue weighted by Crippen LogP contribution is 2.31. The van der Waals surface area contributed by atoms with Gasteiger partial charge in [-0.25, -0.2) is 13.8 Å². The van der Waals surface area contributed by atoms with E-state index in [4.69, 9.17) is 14.6 Å². The maximum Gasteiger partial charge on any atom is 0.303 e. The third-order valence-corrected chi connectivity index (χ3v) is 4.03. The van der Waals surface area contributed by atoms with E-state index >= 15 is 0 Å². The SMILES string of the molecule is Cc1cc(OCC2CC2)nc(-c2cc(F)c(OCCCC(=O)O)c(F)c2)n1. The molecule has 0 radical (unpaired) electrons. The lowest BCUT2D eigenvalue weighted by Crippen LogP contribution is -2.06. The highest BCUT2D eigenvalue weighted by molar-refractivity contribution is 5.66. The summed E-state index contributed by atoms with van der Waals surface area (Å²) < 4.78 is 39.2. The molecule has 144 valence electrons. The Hall–Kier alpha value is -2.77. The lowest BCUT2D eigenvalue weighted by molar-refractivity contribution is -0.137. The minimum Gasteiger partial charge on any atom is -0.488 e. The molecule has 2 aromatic rings. The van der Waals surface area contributed by atoms with Crippen molar-refractivity contribution in [2.75, 3.05) is 13.2 Å². The van der Waals surface area contributed by atoms with Crippen LogP contribution in [0.15, 0.2) is 18.2 Å². The Morgan fingerprint density at radius 2 is 1.89 bits per heavy atom. The molecule has 1 aliphatic carbocycles. The van der Waals surface area contributed by atoms with Gasteiger partial charge in [-0.05, 0) is 44.2 Å². The van der Waals surface area contributed by atoms with Crippen LogP contribution in [0.3, 0.4) is 0 Å². The summed E-state index contributed by atoms with van der Waals surface area (Å²) in [7, 11) is 0. The van der Waals surface area contributed by atoms with Crippen LogP contribution in [0.5, 0.6) is 11.6 Å². The maximum atomic E-state index is 14.3. The summed E-state index contributed by atoms with van der Waals surface area (Å²) in [6.45, 7) is 2.23. The van der Waals surface area contributed by atoms with Crippen LogP contribution in [-0.2, 0) is 4.79 Å². The zero-order chi connectivity index (χ0) is 19.4. The number of carboxylic acids is 1. The Labute approximate surface area is 155 Å². The first kappa shape index (κ1) is 19.0. The van der Waals surface area contributed by atoms with Crippen molar-refractivity contribution in [1.29, 1.82) is 0 Å². The standard InChI is InChI=1S/C19H20F2N2O4/c1-11-7-16(27-10-12-4-5-12)23-19(22-11)13-8-14(20)18(15(21)9-13)26-6-2-3-17(24)25/h7-9,12H,2-6,10H2,1H3,(H,24,25). The van der Waals surface area contributed by atoms with Crippen LogP contribution in [0.2, 0.25) is 0 Å². The summed E-state index contributed by atoms with van der Waals surface area (Å²) in [5.41, 5.74) is 0.795. The summed E-state index contributed by atoms with van der Waals surface area (Å²) in [5, 5.41) is 8.57. The van der Waals surface area contributed by atoms with Gasteiger partial charge in [0.1, 0.15) is 0 Å². The van der Waals surface area contributed by atoms with Gasteiger partial charge in [-0.1, -0.05) is 0 Å². The van der Waals surface area contributed by atoms with Gasteiger partial charge in [0.2, 0.25) is 5.88 Å². The van der Waals surface area contributed by atoms with E-state index in [1.54, 1.807) is 13.0 Å². The van der Waals surface area contributed by atoms with Crippen LogP contribution in [0.25, 0.3) is 11.4 Å². The lowest BCUT2D eigenvalue weighted by atomic mass is 10.2. The third kappa shape index (κ3) is 5.35. The molecule has 0 bridgehead atoms. The molecule has 1 aromatic carbocycles. The molecule has 1 aromatic heterocycles. The smallest absolute Gasteiger partial charge is 0.303 e. The Kier molecular flexibility index (Phi) is 5.83. The molecule has 6 nitrogen and oxygen atoms in total. The Bertz CT molecular complexity index is 817. The van der Waals surface area contributed by atoms with E-state index in [0.717, 1.165) is 25.0 Å².